The van der Waals surface area contributed by atoms with Gasteiger partial charge in [-0.05, 0) is 60.9 Å². The summed E-state index contributed by atoms with van der Waals surface area (Å²) in [7, 11) is 0. The lowest BCUT2D eigenvalue weighted by molar-refractivity contribution is -0.123. The first-order valence-corrected chi connectivity index (χ1v) is 13.5. The maximum Gasteiger partial charge on any atom is 0.257 e. The molecule has 39 heavy (non-hydrogen) atoms. The number of carbonyl (C=O) groups is 2. The normalized spacial score (nSPS) is 11.0. The Hall–Kier alpha value is -4.16. The van der Waals surface area contributed by atoms with E-state index in [1.807, 2.05) is 54.6 Å². The first-order valence-electron chi connectivity index (χ1n) is 13.1. The fourth-order valence-electron chi connectivity index (χ4n) is 4.08. The fourth-order valence-corrected chi connectivity index (χ4v) is 4.24. The number of rotatable bonds is 14. The summed E-state index contributed by atoms with van der Waals surface area (Å²) in [5.41, 5.74) is 3.48. The maximum atomic E-state index is 12.2. The molecular formula is C32H32ClN3O3. The Morgan fingerprint density at radius 2 is 1.64 bits per heavy atom. The number of hydrogen-bond acceptors (Lipinski definition) is 5. The molecule has 1 heterocycles. The molecule has 0 unspecified atom stereocenters. The fraction of sp³-hybridized carbons (Fsp3) is 0.219. The van der Waals surface area contributed by atoms with Crippen molar-refractivity contribution in [2.24, 2.45) is 0 Å². The minimum absolute atomic E-state index is 0.0311. The number of hydrogen-bond donors (Lipinski definition) is 2. The van der Waals surface area contributed by atoms with E-state index < -0.39 is 0 Å². The second kappa shape index (κ2) is 14.7. The Labute approximate surface area is 234 Å². The van der Waals surface area contributed by atoms with Gasteiger partial charge in [0.1, 0.15) is 5.75 Å². The van der Waals surface area contributed by atoms with Gasteiger partial charge in [-0.2, -0.15) is 0 Å². The van der Waals surface area contributed by atoms with E-state index in [9.17, 15) is 9.59 Å². The van der Waals surface area contributed by atoms with Gasteiger partial charge in [-0.25, -0.2) is 0 Å². The molecule has 1 amide bonds. The van der Waals surface area contributed by atoms with Gasteiger partial charge in [0.05, 0.1) is 5.52 Å². The van der Waals surface area contributed by atoms with Crippen LogP contribution in [-0.2, 0) is 4.79 Å². The van der Waals surface area contributed by atoms with E-state index in [0.717, 1.165) is 54.4 Å². The highest BCUT2D eigenvalue weighted by molar-refractivity contribution is 6.31. The molecule has 7 heteroatoms. The average Bonchev–Trinajstić information content (AvgIpc) is 2.97. The molecule has 0 aliphatic carbocycles. The second-order valence-corrected chi connectivity index (χ2v) is 9.57. The van der Waals surface area contributed by atoms with Gasteiger partial charge in [-0.1, -0.05) is 73.0 Å². The Balaban J connectivity index is 1.06. The third kappa shape index (κ3) is 8.97. The van der Waals surface area contributed by atoms with Crippen LogP contribution < -0.4 is 15.4 Å². The minimum atomic E-state index is -0.140. The van der Waals surface area contributed by atoms with Crippen LogP contribution in [-0.4, -0.2) is 36.4 Å². The first kappa shape index (κ1) is 27.9. The molecule has 200 valence electrons. The summed E-state index contributed by atoms with van der Waals surface area (Å²) >= 11 is 6.06. The van der Waals surface area contributed by atoms with Crippen molar-refractivity contribution in [1.82, 2.24) is 10.3 Å². The van der Waals surface area contributed by atoms with Crippen LogP contribution in [0.15, 0.2) is 91.1 Å². The topological polar surface area (TPSA) is 80.3 Å². The van der Waals surface area contributed by atoms with Crippen molar-refractivity contribution in [3.8, 4) is 5.75 Å². The van der Waals surface area contributed by atoms with Crippen LogP contribution in [0.3, 0.4) is 0 Å². The SMILES string of the molecule is O=C(COc1ccc(/C=C/C(=O)c2ccccc2)cc1)NCCCCCCNc1ccnc2cc(Cl)ccc12. The van der Waals surface area contributed by atoms with Gasteiger partial charge in [0, 0.05) is 40.9 Å². The highest BCUT2D eigenvalue weighted by Crippen LogP contribution is 2.24. The van der Waals surface area contributed by atoms with Crippen molar-refractivity contribution in [3.05, 3.63) is 107 Å². The lowest BCUT2D eigenvalue weighted by atomic mass is 10.1. The predicted molar refractivity (Wildman–Crippen MR) is 158 cm³/mol. The molecular weight excluding hydrogens is 510 g/mol. The van der Waals surface area contributed by atoms with Crippen LogP contribution in [0.1, 0.15) is 41.6 Å². The largest absolute Gasteiger partial charge is 0.484 e. The number of allylic oxidation sites excluding steroid dienone is 1. The van der Waals surface area contributed by atoms with Crippen molar-refractivity contribution >= 4 is 46.0 Å². The first-order chi connectivity index (χ1) is 19.1. The maximum absolute atomic E-state index is 12.2. The molecule has 3 aromatic carbocycles. The van der Waals surface area contributed by atoms with Gasteiger partial charge < -0.3 is 15.4 Å². The summed E-state index contributed by atoms with van der Waals surface area (Å²) in [6.45, 7) is 1.47. The summed E-state index contributed by atoms with van der Waals surface area (Å²) < 4.78 is 5.58. The summed E-state index contributed by atoms with van der Waals surface area (Å²) in [5.74, 6) is 0.419. The zero-order chi connectivity index (χ0) is 27.3. The van der Waals surface area contributed by atoms with E-state index in [0.29, 0.717) is 22.9 Å². The number of unbranched alkanes of at least 4 members (excludes halogenated alkanes) is 3. The summed E-state index contributed by atoms with van der Waals surface area (Å²) in [6, 6.07) is 24.1. The average molecular weight is 542 g/mol. The number of aromatic nitrogens is 1. The van der Waals surface area contributed by atoms with Crippen LogP contribution in [0.5, 0.6) is 5.75 Å². The van der Waals surface area contributed by atoms with Crippen LogP contribution in [0.2, 0.25) is 5.02 Å². The van der Waals surface area contributed by atoms with Gasteiger partial charge in [0.25, 0.3) is 5.91 Å². The molecule has 0 spiro atoms. The molecule has 0 saturated heterocycles. The van der Waals surface area contributed by atoms with Crippen LogP contribution in [0, 0.1) is 0 Å². The molecule has 4 rings (SSSR count). The van der Waals surface area contributed by atoms with E-state index in [2.05, 4.69) is 15.6 Å². The number of amides is 1. The number of pyridine rings is 1. The lowest BCUT2D eigenvalue weighted by Crippen LogP contribution is -2.29. The van der Waals surface area contributed by atoms with Gasteiger partial charge in [-0.15, -0.1) is 0 Å². The van der Waals surface area contributed by atoms with Gasteiger partial charge in [0.15, 0.2) is 12.4 Å². The highest BCUT2D eigenvalue weighted by atomic mass is 35.5. The Morgan fingerprint density at radius 1 is 0.872 bits per heavy atom. The molecule has 0 atom stereocenters. The molecule has 0 aliphatic rings. The number of nitrogens with zero attached hydrogens (tertiary/aromatic N) is 1. The number of ketones is 1. The zero-order valence-corrected chi connectivity index (χ0v) is 22.5. The van der Waals surface area contributed by atoms with E-state index >= 15 is 0 Å². The smallest absolute Gasteiger partial charge is 0.257 e. The molecule has 2 N–H and O–H groups in total. The predicted octanol–water partition coefficient (Wildman–Crippen LogP) is 6.95. The molecule has 0 aliphatic heterocycles. The molecule has 6 nitrogen and oxygen atoms in total. The number of nitrogens with one attached hydrogen (secondary N) is 2. The molecule has 0 saturated carbocycles. The quantitative estimate of drug-likeness (QED) is 0.102. The summed E-state index contributed by atoms with van der Waals surface area (Å²) in [4.78, 5) is 28.7. The van der Waals surface area contributed by atoms with Crippen molar-refractivity contribution in [2.45, 2.75) is 25.7 Å². The van der Waals surface area contributed by atoms with Crippen molar-refractivity contribution in [2.75, 3.05) is 25.0 Å². The molecule has 0 radical (unpaired) electrons. The molecule has 1 aromatic heterocycles. The number of carbonyl (C=O) groups excluding carboxylic acids is 2. The number of halogens is 1. The van der Waals surface area contributed by atoms with Crippen LogP contribution in [0.4, 0.5) is 5.69 Å². The monoisotopic (exact) mass is 541 g/mol. The third-order valence-electron chi connectivity index (χ3n) is 6.18. The van der Waals surface area contributed by atoms with Crippen LogP contribution >= 0.6 is 11.6 Å². The summed E-state index contributed by atoms with van der Waals surface area (Å²) in [6.07, 6.45) is 9.18. The van der Waals surface area contributed by atoms with E-state index in [1.54, 1.807) is 42.6 Å². The third-order valence-corrected chi connectivity index (χ3v) is 6.42. The zero-order valence-electron chi connectivity index (χ0n) is 21.7. The van der Waals surface area contributed by atoms with Crippen molar-refractivity contribution in [3.63, 3.8) is 0 Å². The number of ether oxygens (including phenoxy) is 1. The highest BCUT2D eigenvalue weighted by Gasteiger charge is 2.04. The lowest BCUT2D eigenvalue weighted by Gasteiger charge is -2.10. The number of anilines is 1. The van der Waals surface area contributed by atoms with Crippen molar-refractivity contribution < 1.29 is 14.3 Å². The Bertz CT molecular complexity index is 1410. The van der Waals surface area contributed by atoms with Gasteiger partial charge in [0.2, 0.25) is 0 Å². The van der Waals surface area contributed by atoms with E-state index in [-0.39, 0.29) is 18.3 Å². The molecule has 4 aromatic rings. The van der Waals surface area contributed by atoms with Gasteiger partial charge in [-0.3, -0.25) is 14.6 Å². The molecule has 0 bridgehead atoms. The molecule has 0 fully saturated rings. The van der Waals surface area contributed by atoms with Crippen LogP contribution in [0.25, 0.3) is 17.0 Å². The summed E-state index contributed by atoms with van der Waals surface area (Å²) in [5, 5.41) is 8.14. The Kier molecular flexibility index (Phi) is 10.5. The van der Waals surface area contributed by atoms with E-state index in [1.165, 1.54) is 0 Å². The Morgan fingerprint density at radius 3 is 2.44 bits per heavy atom. The minimum Gasteiger partial charge on any atom is -0.484 e. The van der Waals surface area contributed by atoms with E-state index in [4.69, 9.17) is 16.3 Å². The standard InChI is InChI=1S/C32H32ClN3O3/c33-26-13-16-28-29(18-21-35-30(28)22-26)34-19-6-1-2-7-20-36-32(38)23-39-27-14-10-24(11-15-27)12-17-31(37)25-8-4-3-5-9-25/h3-5,8-18,21-22H,1-2,6-7,19-20,23H2,(H,34,35)(H,36,38)/b17-12+. The second-order valence-electron chi connectivity index (χ2n) is 9.13. The van der Waals surface area contributed by atoms with Crippen molar-refractivity contribution in [1.29, 1.82) is 0 Å². The number of fused-ring (bicyclic) bond motifs is 1. The number of benzene rings is 3. The van der Waals surface area contributed by atoms with Gasteiger partial charge >= 0.3 is 0 Å².